The van der Waals surface area contributed by atoms with Gasteiger partial charge >= 0.3 is 0 Å². The van der Waals surface area contributed by atoms with Gasteiger partial charge in [0.1, 0.15) is 0 Å². The van der Waals surface area contributed by atoms with Gasteiger partial charge in [-0.3, -0.25) is 4.98 Å². The predicted molar refractivity (Wildman–Crippen MR) is 146 cm³/mol. The molecule has 0 saturated carbocycles. The molecule has 1 nitrogen and oxygen atoms in total. The van der Waals surface area contributed by atoms with E-state index in [4.69, 9.17) is 4.98 Å². The molecule has 0 spiro atoms. The molecule has 7 rings (SSSR count). The molecule has 0 aliphatic rings. The van der Waals surface area contributed by atoms with Gasteiger partial charge in [-0.15, -0.1) is 22.7 Å². The lowest BCUT2D eigenvalue weighted by Gasteiger charge is -2.09. The van der Waals surface area contributed by atoms with Crippen LogP contribution in [0.25, 0.3) is 62.7 Å². The van der Waals surface area contributed by atoms with Gasteiger partial charge in [0.2, 0.25) is 0 Å². The predicted octanol–water partition coefficient (Wildman–Crippen LogP) is 9.46. The van der Waals surface area contributed by atoms with Crippen molar-refractivity contribution in [1.29, 1.82) is 0 Å². The summed E-state index contributed by atoms with van der Waals surface area (Å²) in [5.74, 6) is 0. The molecule has 4 aromatic carbocycles. The van der Waals surface area contributed by atoms with Crippen molar-refractivity contribution < 1.29 is 0 Å². The molecule has 156 valence electrons. The Labute approximate surface area is 199 Å². The third-order valence-corrected chi connectivity index (χ3v) is 9.04. The Bertz CT molecular complexity index is 1840. The first-order valence-corrected chi connectivity index (χ1v) is 12.7. The minimum atomic E-state index is 1.03. The van der Waals surface area contributed by atoms with Crippen LogP contribution in [0.15, 0.2) is 97.2 Å². The molecule has 0 aliphatic heterocycles. The number of aryl methyl sites for hydroxylation is 1. The van der Waals surface area contributed by atoms with Crippen molar-refractivity contribution in [1.82, 2.24) is 4.98 Å². The molecule has 0 atom stereocenters. The van der Waals surface area contributed by atoms with Gasteiger partial charge in [0.05, 0.1) is 5.69 Å². The summed E-state index contributed by atoms with van der Waals surface area (Å²) in [5.41, 5.74) is 4.83. The first kappa shape index (κ1) is 19.0. The van der Waals surface area contributed by atoms with Crippen LogP contribution >= 0.6 is 22.7 Å². The lowest BCUT2D eigenvalue weighted by molar-refractivity contribution is 1.34. The van der Waals surface area contributed by atoms with Gasteiger partial charge in [0.15, 0.2) is 0 Å². The van der Waals surface area contributed by atoms with Crippen LogP contribution in [0.1, 0.15) is 5.56 Å². The van der Waals surface area contributed by atoms with E-state index in [1.54, 1.807) is 0 Å². The summed E-state index contributed by atoms with van der Waals surface area (Å²) in [6, 6.07) is 32.8. The van der Waals surface area contributed by atoms with E-state index in [0.717, 1.165) is 5.69 Å². The van der Waals surface area contributed by atoms with Crippen LogP contribution in [0.4, 0.5) is 0 Å². The molecule has 0 aliphatic carbocycles. The Morgan fingerprint density at radius 2 is 1.36 bits per heavy atom. The maximum atomic E-state index is 4.86. The van der Waals surface area contributed by atoms with Gasteiger partial charge in [0, 0.05) is 41.5 Å². The maximum absolute atomic E-state index is 4.86. The van der Waals surface area contributed by atoms with Crippen LogP contribution in [0.3, 0.4) is 0 Å². The zero-order valence-electron chi connectivity index (χ0n) is 18.0. The van der Waals surface area contributed by atoms with E-state index in [0.29, 0.717) is 0 Å². The standard InChI is InChI=1S/C30H19NS2/c1-18-21-9-4-6-12-26(21)32-29(18)20-14-15-31-25(17-20)24-16-19-8-2-3-10-22(19)28-23-11-5-7-13-27(23)33-30(24)28/h2-17H,1H3. The van der Waals surface area contributed by atoms with Crippen LogP contribution in [-0.2, 0) is 0 Å². The zero-order chi connectivity index (χ0) is 21.9. The Morgan fingerprint density at radius 1 is 0.667 bits per heavy atom. The molecule has 3 aromatic heterocycles. The number of rotatable bonds is 2. The quantitative estimate of drug-likeness (QED) is 0.252. The SMILES string of the molecule is Cc1c(-c2ccnc(-c3cc4ccccc4c4c3sc3ccccc34)c2)sc2ccccc12. The van der Waals surface area contributed by atoms with Crippen LogP contribution in [0, 0.1) is 6.92 Å². The van der Waals surface area contributed by atoms with Crippen LogP contribution < -0.4 is 0 Å². The highest BCUT2D eigenvalue weighted by atomic mass is 32.1. The van der Waals surface area contributed by atoms with E-state index in [1.807, 2.05) is 28.9 Å². The molecule has 0 N–H and O–H groups in total. The smallest absolute Gasteiger partial charge is 0.0723 e. The normalized spacial score (nSPS) is 11.8. The highest BCUT2D eigenvalue weighted by molar-refractivity contribution is 7.26. The van der Waals surface area contributed by atoms with Crippen LogP contribution in [0.2, 0.25) is 0 Å². The summed E-state index contributed by atoms with van der Waals surface area (Å²) >= 11 is 3.73. The fraction of sp³-hybridized carbons (Fsp3) is 0.0333. The Hall–Kier alpha value is -3.53. The van der Waals surface area contributed by atoms with E-state index in [9.17, 15) is 0 Å². The summed E-state index contributed by atoms with van der Waals surface area (Å²) in [6.07, 6.45) is 1.96. The molecule has 0 saturated heterocycles. The van der Waals surface area contributed by atoms with Gasteiger partial charge in [0.25, 0.3) is 0 Å². The number of nitrogens with zero attached hydrogens (tertiary/aromatic N) is 1. The number of thiophene rings is 2. The number of fused-ring (bicyclic) bond motifs is 6. The van der Waals surface area contributed by atoms with Gasteiger partial charge in [-0.25, -0.2) is 0 Å². The molecule has 7 aromatic rings. The monoisotopic (exact) mass is 457 g/mol. The zero-order valence-corrected chi connectivity index (χ0v) is 19.6. The van der Waals surface area contributed by atoms with Crippen molar-refractivity contribution in [3.05, 3.63) is 103 Å². The number of aromatic nitrogens is 1. The second-order valence-electron chi connectivity index (χ2n) is 8.43. The summed E-state index contributed by atoms with van der Waals surface area (Å²) in [6.45, 7) is 2.23. The molecule has 0 bridgehead atoms. The van der Waals surface area contributed by atoms with Gasteiger partial charge in [-0.1, -0.05) is 60.7 Å². The molecule has 3 heterocycles. The van der Waals surface area contributed by atoms with Crippen molar-refractivity contribution in [3.63, 3.8) is 0 Å². The van der Waals surface area contributed by atoms with Crippen molar-refractivity contribution >= 4 is 63.7 Å². The summed E-state index contributed by atoms with van der Waals surface area (Å²) in [4.78, 5) is 6.18. The minimum Gasteiger partial charge on any atom is -0.256 e. The van der Waals surface area contributed by atoms with Gasteiger partial charge in [-0.2, -0.15) is 0 Å². The maximum Gasteiger partial charge on any atom is 0.0723 e. The molecule has 0 amide bonds. The van der Waals surface area contributed by atoms with E-state index in [1.165, 1.54) is 62.6 Å². The summed E-state index contributed by atoms with van der Waals surface area (Å²) in [7, 11) is 0. The van der Waals surface area contributed by atoms with Crippen molar-refractivity contribution in [2.45, 2.75) is 6.92 Å². The molecule has 0 radical (unpaired) electrons. The lowest BCUT2D eigenvalue weighted by Crippen LogP contribution is -1.87. The summed E-state index contributed by atoms with van der Waals surface area (Å²) < 4.78 is 3.97. The average Bonchev–Trinajstić information content (AvgIpc) is 3.42. The first-order chi connectivity index (χ1) is 16.3. The fourth-order valence-corrected chi connectivity index (χ4v) is 7.38. The third-order valence-electron chi connectivity index (χ3n) is 6.51. The molecule has 33 heavy (non-hydrogen) atoms. The molecule has 0 unspecified atom stereocenters. The van der Waals surface area contributed by atoms with Crippen LogP contribution in [0.5, 0.6) is 0 Å². The van der Waals surface area contributed by atoms with E-state index >= 15 is 0 Å². The number of benzene rings is 4. The van der Waals surface area contributed by atoms with Crippen molar-refractivity contribution in [2.24, 2.45) is 0 Å². The number of hydrogen-bond acceptors (Lipinski definition) is 3. The van der Waals surface area contributed by atoms with Crippen molar-refractivity contribution in [2.75, 3.05) is 0 Å². The number of pyridine rings is 1. The molecule has 3 heteroatoms. The van der Waals surface area contributed by atoms with Crippen molar-refractivity contribution in [3.8, 4) is 21.7 Å². The minimum absolute atomic E-state index is 1.03. The second-order valence-corrected chi connectivity index (χ2v) is 10.5. The van der Waals surface area contributed by atoms with Gasteiger partial charge < -0.3 is 0 Å². The van der Waals surface area contributed by atoms with E-state index in [-0.39, 0.29) is 0 Å². The largest absolute Gasteiger partial charge is 0.256 e. The van der Waals surface area contributed by atoms with E-state index in [2.05, 4.69) is 97.9 Å². The highest BCUT2D eigenvalue weighted by Crippen LogP contribution is 2.45. The van der Waals surface area contributed by atoms with Gasteiger partial charge in [-0.05, 0) is 64.5 Å². The Morgan fingerprint density at radius 3 is 2.18 bits per heavy atom. The van der Waals surface area contributed by atoms with E-state index < -0.39 is 0 Å². The number of hydrogen-bond donors (Lipinski definition) is 0. The molecule has 0 fully saturated rings. The van der Waals surface area contributed by atoms with Crippen LogP contribution in [-0.4, -0.2) is 4.98 Å². The first-order valence-electron chi connectivity index (χ1n) is 11.1. The molecular weight excluding hydrogens is 438 g/mol. The third kappa shape index (κ3) is 2.86. The lowest BCUT2D eigenvalue weighted by atomic mass is 9.98. The Kier molecular flexibility index (Phi) is 4.17. The summed E-state index contributed by atoms with van der Waals surface area (Å²) in [5, 5.41) is 6.58. The highest BCUT2D eigenvalue weighted by Gasteiger charge is 2.16. The average molecular weight is 458 g/mol. The fourth-order valence-electron chi connectivity index (χ4n) is 4.93. The topological polar surface area (TPSA) is 12.9 Å². The second kappa shape index (κ2) is 7.24. The Balaban J connectivity index is 1.52. The molecular formula is C30H19NS2.